The number of hydrogen-bond donors (Lipinski definition) is 1. The molecule has 0 saturated heterocycles. The molecule has 0 saturated carbocycles. The Morgan fingerprint density at radius 2 is 1.95 bits per heavy atom. The van der Waals surface area contributed by atoms with Gasteiger partial charge in [0.1, 0.15) is 5.82 Å². The van der Waals surface area contributed by atoms with Crippen LogP contribution in [-0.4, -0.2) is 4.98 Å². The van der Waals surface area contributed by atoms with Crippen molar-refractivity contribution in [3.8, 4) is 0 Å². The molecular formula is C16H20ClFN2S. The van der Waals surface area contributed by atoms with Gasteiger partial charge >= 0.3 is 0 Å². The fourth-order valence-electron chi connectivity index (χ4n) is 2.08. The summed E-state index contributed by atoms with van der Waals surface area (Å²) in [5.41, 5.74) is 1.74. The highest BCUT2D eigenvalue weighted by Gasteiger charge is 2.22. The van der Waals surface area contributed by atoms with Gasteiger partial charge in [-0.05, 0) is 32.0 Å². The smallest absolute Gasteiger partial charge is 0.126 e. The molecule has 1 aromatic carbocycles. The van der Waals surface area contributed by atoms with E-state index in [4.69, 9.17) is 11.6 Å². The summed E-state index contributed by atoms with van der Waals surface area (Å²) in [5, 5.41) is 4.79. The first-order chi connectivity index (χ1) is 9.66. The Kier molecular flexibility index (Phi) is 4.59. The molecule has 21 heavy (non-hydrogen) atoms. The lowest BCUT2D eigenvalue weighted by Crippen LogP contribution is -2.10. The average Bonchev–Trinajstić information content (AvgIpc) is 2.69. The number of benzene rings is 1. The van der Waals surface area contributed by atoms with Gasteiger partial charge in [0, 0.05) is 21.0 Å². The van der Waals surface area contributed by atoms with E-state index in [-0.39, 0.29) is 17.3 Å². The van der Waals surface area contributed by atoms with E-state index >= 15 is 0 Å². The van der Waals surface area contributed by atoms with Crippen molar-refractivity contribution in [2.24, 2.45) is 0 Å². The second kappa shape index (κ2) is 5.93. The van der Waals surface area contributed by atoms with Gasteiger partial charge in [-0.1, -0.05) is 32.4 Å². The first kappa shape index (κ1) is 16.2. The van der Waals surface area contributed by atoms with Crippen molar-refractivity contribution in [1.82, 2.24) is 4.98 Å². The number of hydrogen-bond acceptors (Lipinski definition) is 3. The van der Waals surface area contributed by atoms with E-state index in [0.29, 0.717) is 10.7 Å². The van der Waals surface area contributed by atoms with Crippen LogP contribution in [-0.2, 0) is 5.41 Å². The van der Waals surface area contributed by atoms with Gasteiger partial charge in [0.2, 0.25) is 0 Å². The topological polar surface area (TPSA) is 24.9 Å². The second-order valence-electron chi connectivity index (χ2n) is 6.24. The van der Waals surface area contributed by atoms with Gasteiger partial charge < -0.3 is 5.32 Å². The van der Waals surface area contributed by atoms with Crippen molar-refractivity contribution in [3.63, 3.8) is 0 Å². The fourth-order valence-corrected chi connectivity index (χ4v) is 3.43. The number of anilines is 1. The molecule has 1 N–H and O–H groups in total. The van der Waals surface area contributed by atoms with Gasteiger partial charge in [-0.25, -0.2) is 9.37 Å². The zero-order chi connectivity index (χ0) is 15.8. The first-order valence-electron chi connectivity index (χ1n) is 6.87. The van der Waals surface area contributed by atoms with Crippen LogP contribution in [0.1, 0.15) is 49.3 Å². The number of aromatic nitrogens is 1. The molecule has 0 aliphatic heterocycles. The molecule has 0 radical (unpaired) electrons. The summed E-state index contributed by atoms with van der Waals surface area (Å²) in [4.78, 5) is 5.83. The zero-order valence-electron chi connectivity index (χ0n) is 12.9. The van der Waals surface area contributed by atoms with Crippen LogP contribution in [0, 0.1) is 12.7 Å². The Hall–Kier alpha value is -1.13. The molecule has 2 rings (SSSR count). The summed E-state index contributed by atoms with van der Waals surface area (Å²) in [7, 11) is 0. The van der Waals surface area contributed by atoms with Gasteiger partial charge in [0.25, 0.3) is 0 Å². The quantitative estimate of drug-likeness (QED) is 0.780. The number of nitrogens with one attached hydrogen (secondary N) is 1. The number of aryl methyl sites for hydroxylation is 1. The Morgan fingerprint density at radius 1 is 1.29 bits per heavy atom. The van der Waals surface area contributed by atoms with E-state index in [9.17, 15) is 4.39 Å². The Morgan fingerprint density at radius 3 is 2.48 bits per heavy atom. The summed E-state index contributed by atoms with van der Waals surface area (Å²) in [6.07, 6.45) is 0. The van der Waals surface area contributed by atoms with Crippen LogP contribution >= 0.6 is 22.9 Å². The van der Waals surface area contributed by atoms with Gasteiger partial charge in [-0.2, -0.15) is 0 Å². The normalized spacial score (nSPS) is 13.3. The van der Waals surface area contributed by atoms with Crippen LogP contribution in [0.25, 0.3) is 0 Å². The highest BCUT2D eigenvalue weighted by Crippen LogP contribution is 2.34. The van der Waals surface area contributed by atoms with Crippen LogP contribution in [0.5, 0.6) is 0 Å². The summed E-state index contributed by atoms with van der Waals surface area (Å²) >= 11 is 7.59. The van der Waals surface area contributed by atoms with E-state index in [2.05, 4.69) is 31.1 Å². The van der Waals surface area contributed by atoms with Crippen LogP contribution in [0.15, 0.2) is 18.2 Å². The SMILES string of the molecule is Cc1nc(C(C)(C)C)sc1C(C)Nc1cc(F)cc(Cl)c1. The number of thiazole rings is 1. The lowest BCUT2D eigenvalue weighted by atomic mass is 9.98. The molecule has 2 nitrogen and oxygen atoms in total. The minimum atomic E-state index is -0.339. The molecule has 0 amide bonds. The molecule has 0 spiro atoms. The van der Waals surface area contributed by atoms with Gasteiger partial charge in [0.15, 0.2) is 0 Å². The van der Waals surface area contributed by atoms with Crippen LogP contribution < -0.4 is 5.32 Å². The zero-order valence-corrected chi connectivity index (χ0v) is 14.5. The van der Waals surface area contributed by atoms with E-state index < -0.39 is 0 Å². The minimum absolute atomic E-state index is 0.0373. The molecule has 2 aromatic rings. The third-order valence-electron chi connectivity index (χ3n) is 3.11. The molecule has 114 valence electrons. The molecule has 1 heterocycles. The summed E-state index contributed by atoms with van der Waals surface area (Å²) in [6.45, 7) is 10.5. The summed E-state index contributed by atoms with van der Waals surface area (Å²) in [6, 6.07) is 4.52. The van der Waals surface area contributed by atoms with Crippen molar-refractivity contribution >= 4 is 28.6 Å². The average molecular weight is 327 g/mol. The maximum atomic E-state index is 13.4. The van der Waals surface area contributed by atoms with E-state index in [1.165, 1.54) is 17.0 Å². The van der Waals surface area contributed by atoms with Crippen LogP contribution in [0.2, 0.25) is 5.02 Å². The minimum Gasteiger partial charge on any atom is -0.378 e. The summed E-state index contributed by atoms with van der Waals surface area (Å²) in [5.74, 6) is -0.339. The maximum absolute atomic E-state index is 13.4. The molecular weight excluding hydrogens is 307 g/mol. The molecule has 0 aliphatic rings. The van der Waals surface area contributed by atoms with E-state index in [1.807, 2.05) is 13.8 Å². The lowest BCUT2D eigenvalue weighted by Gasteiger charge is -2.15. The molecule has 1 unspecified atom stereocenters. The lowest BCUT2D eigenvalue weighted by molar-refractivity contribution is 0.584. The van der Waals surface area contributed by atoms with Gasteiger partial charge in [-0.3, -0.25) is 0 Å². The molecule has 5 heteroatoms. The largest absolute Gasteiger partial charge is 0.378 e. The summed E-state index contributed by atoms with van der Waals surface area (Å²) < 4.78 is 13.4. The maximum Gasteiger partial charge on any atom is 0.126 e. The van der Waals surface area contributed by atoms with Crippen molar-refractivity contribution in [1.29, 1.82) is 0 Å². The second-order valence-corrected chi connectivity index (χ2v) is 7.71. The van der Waals surface area contributed by atoms with Crippen LogP contribution in [0.4, 0.5) is 10.1 Å². The van der Waals surface area contributed by atoms with E-state index in [0.717, 1.165) is 10.7 Å². The Labute approximate surface area is 134 Å². The molecule has 1 aromatic heterocycles. The molecule has 0 aliphatic carbocycles. The third-order valence-corrected chi connectivity index (χ3v) is 5.10. The molecule has 1 atom stereocenters. The highest BCUT2D eigenvalue weighted by atomic mass is 35.5. The van der Waals surface area contributed by atoms with Crippen LogP contribution in [0.3, 0.4) is 0 Å². The number of rotatable bonds is 3. The van der Waals surface area contributed by atoms with E-state index in [1.54, 1.807) is 17.4 Å². The van der Waals surface area contributed by atoms with Crippen molar-refractivity contribution < 1.29 is 4.39 Å². The van der Waals surface area contributed by atoms with Gasteiger partial charge in [0.05, 0.1) is 16.7 Å². The number of nitrogens with zero attached hydrogens (tertiary/aromatic N) is 1. The van der Waals surface area contributed by atoms with Crippen molar-refractivity contribution in [2.45, 2.75) is 46.1 Å². The fraction of sp³-hybridized carbons (Fsp3) is 0.438. The predicted octanol–water partition coefficient (Wildman–Crippen LogP) is 5.71. The third kappa shape index (κ3) is 3.95. The molecule has 0 fully saturated rings. The first-order valence-corrected chi connectivity index (χ1v) is 8.06. The highest BCUT2D eigenvalue weighted by molar-refractivity contribution is 7.12. The van der Waals surface area contributed by atoms with Crippen molar-refractivity contribution in [3.05, 3.63) is 44.6 Å². The standard InChI is InChI=1S/C16H20ClFN2S/c1-9(19-13-7-11(17)6-12(18)8-13)14-10(2)20-15(21-14)16(3,4)5/h6-9,19H,1-5H3. The van der Waals surface area contributed by atoms with Gasteiger partial charge in [-0.15, -0.1) is 11.3 Å². The number of halogens is 2. The monoisotopic (exact) mass is 326 g/mol. The predicted molar refractivity (Wildman–Crippen MR) is 89.0 cm³/mol. The Balaban J connectivity index is 2.24. The van der Waals surface area contributed by atoms with Crippen molar-refractivity contribution in [2.75, 3.05) is 5.32 Å². The molecule has 0 bridgehead atoms. The Bertz CT molecular complexity index is 626.